The van der Waals surface area contributed by atoms with E-state index in [1.165, 1.54) is 4.88 Å². The van der Waals surface area contributed by atoms with Crippen molar-refractivity contribution >= 4 is 28.1 Å². The van der Waals surface area contributed by atoms with Crippen molar-refractivity contribution in [3.05, 3.63) is 22.4 Å². The Balaban J connectivity index is 2.72. The molecule has 0 radical (unpaired) electrons. The minimum absolute atomic E-state index is 1.09. The van der Waals surface area contributed by atoms with Gasteiger partial charge in [-0.25, -0.2) is 0 Å². The molecule has 60 valence electrons. The fraction of sp³-hybridized carbons (Fsp3) is 0.375. The Morgan fingerprint density at radius 3 is 3.00 bits per heavy atom. The summed E-state index contributed by atoms with van der Waals surface area (Å²) in [5.41, 5.74) is 0. The predicted octanol–water partition coefficient (Wildman–Crippen LogP) is 2.88. The summed E-state index contributed by atoms with van der Waals surface area (Å²) < 4.78 is 0. The summed E-state index contributed by atoms with van der Waals surface area (Å²) >= 11 is 3.54. The van der Waals surface area contributed by atoms with E-state index in [1.807, 2.05) is 7.05 Å². The molecule has 0 atom stereocenters. The lowest BCUT2D eigenvalue weighted by molar-refractivity contribution is 1.46. The van der Waals surface area contributed by atoms with E-state index in [4.69, 9.17) is 0 Å². The molecule has 0 saturated carbocycles. The first-order chi connectivity index (χ1) is 5.38. The predicted molar refractivity (Wildman–Crippen MR) is 54.9 cm³/mol. The Kier molecular flexibility index (Phi) is 3.66. The highest BCUT2D eigenvalue weighted by atomic mass is 32.2. The maximum Gasteiger partial charge on any atom is 0.107 e. The Labute approximate surface area is 75.5 Å². The lowest BCUT2D eigenvalue weighted by atomic mass is 10.5. The summed E-state index contributed by atoms with van der Waals surface area (Å²) in [5.74, 6) is 1.09. The second kappa shape index (κ2) is 4.57. The van der Waals surface area contributed by atoms with E-state index in [1.54, 1.807) is 23.1 Å². The fourth-order valence-corrected chi connectivity index (χ4v) is 2.37. The zero-order valence-corrected chi connectivity index (χ0v) is 8.34. The van der Waals surface area contributed by atoms with Crippen LogP contribution < -0.4 is 0 Å². The highest BCUT2D eigenvalue weighted by Crippen LogP contribution is 2.17. The van der Waals surface area contributed by atoms with Crippen LogP contribution in [-0.2, 0) is 0 Å². The topological polar surface area (TPSA) is 12.4 Å². The molecule has 3 heteroatoms. The smallest absolute Gasteiger partial charge is 0.107 e. The van der Waals surface area contributed by atoms with Crippen LogP contribution >= 0.6 is 23.1 Å². The van der Waals surface area contributed by atoms with Crippen LogP contribution in [0.4, 0.5) is 0 Å². The Morgan fingerprint density at radius 2 is 2.55 bits per heavy atom. The highest BCUT2D eigenvalue weighted by Gasteiger charge is 2.01. The molecule has 0 unspecified atom stereocenters. The number of aliphatic imine (C=N–C) groups is 1. The molecule has 0 spiro atoms. The second-order valence-electron chi connectivity index (χ2n) is 1.94. The van der Waals surface area contributed by atoms with Crippen molar-refractivity contribution in [2.75, 3.05) is 12.8 Å². The number of hydrogen-bond acceptors (Lipinski definition) is 3. The van der Waals surface area contributed by atoms with Gasteiger partial charge in [0.05, 0.1) is 4.88 Å². The molecule has 1 heterocycles. The summed E-state index contributed by atoms with van der Waals surface area (Å²) in [7, 11) is 1.84. The van der Waals surface area contributed by atoms with Gasteiger partial charge in [0.15, 0.2) is 0 Å². The van der Waals surface area contributed by atoms with Gasteiger partial charge in [-0.05, 0) is 17.2 Å². The second-order valence-corrected chi connectivity index (χ2v) is 4.14. The van der Waals surface area contributed by atoms with Gasteiger partial charge in [-0.15, -0.1) is 23.1 Å². The van der Waals surface area contributed by atoms with Gasteiger partial charge in [-0.3, -0.25) is 4.99 Å². The van der Waals surface area contributed by atoms with Crippen LogP contribution in [0, 0.1) is 0 Å². The molecule has 0 fully saturated rings. The van der Waals surface area contributed by atoms with Crippen molar-refractivity contribution in [2.24, 2.45) is 4.99 Å². The van der Waals surface area contributed by atoms with E-state index < -0.39 is 0 Å². The lowest BCUT2D eigenvalue weighted by Gasteiger charge is -1.97. The van der Waals surface area contributed by atoms with Gasteiger partial charge in [0.2, 0.25) is 0 Å². The van der Waals surface area contributed by atoms with Crippen molar-refractivity contribution in [1.82, 2.24) is 0 Å². The zero-order chi connectivity index (χ0) is 8.10. The monoisotopic (exact) mass is 185 g/mol. The molecule has 0 aliphatic carbocycles. The minimum atomic E-state index is 1.09. The lowest BCUT2D eigenvalue weighted by Crippen LogP contribution is -1.91. The van der Waals surface area contributed by atoms with Crippen LogP contribution in [0.5, 0.6) is 0 Å². The summed E-state index contributed by atoms with van der Waals surface area (Å²) in [6.07, 6.45) is 0. The maximum atomic E-state index is 4.21. The van der Waals surface area contributed by atoms with Gasteiger partial charge in [-0.2, -0.15) is 0 Å². The summed E-state index contributed by atoms with van der Waals surface area (Å²) in [6.45, 7) is 2.14. The average molecular weight is 185 g/mol. The van der Waals surface area contributed by atoms with E-state index in [0.717, 1.165) is 10.8 Å². The fourth-order valence-electron chi connectivity index (χ4n) is 0.783. The molecular weight excluding hydrogens is 174 g/mol. The van der Waals surface area contributed by atoms with Crippen LogP contribution in [-0.4, -0.2) is 17.8 Å². The molecule has 0 N–H and O–H groups in total. The normalized spacial score (nSPS) is 12.0. The van der Waals surface area contributed by atoms with E-state index in [2.05, 4.69) is 29.4 Å². The third-order valence-corrected chi connectivity index (χ3v) is 3.19. The first-order valence-corrected chi connectivity index (χ1v) is 5.38. The Morgan fingerprint density at radius 1 is 1.73 bits per heavy atom. The van der Waals surface area contributed by atoms with E-state index in [0.29, 0.717) is 0 Å². The van der Waals surface area contributed by atoms with Crippen LogP contribution in [0.1, 0.15) is 11.8 Å². The van der Waals surface area contributed by atoms with Crippen LogP contribution in [0.2, 0.25) is 0 Å². The number of hydrogen-bond donors (Lipinski definition) is 0. The van der Waals surface area contributed by atoms with Gasteiger partial charge in [0, 0.05) is 7.05 Å². The number of nitrogens with zero attached hydrogens (tertiary/aromatic N) is 1. The quantitative estimate of drug-likeness (QED) is 0.510. The van der Waals surface area contributed by atoms with Gasteiger partial charge in [-0.1, -0.05) is 13.0 Å². The van der Waals surface area contributed by atoms with Gasteiger partial charge >= 0.3 is 0 Å². The highest BCUT2D eigenvalue weighted by molar-refractivity contribution is 8.14. The maximum absolute atomic E-state index is 4.21. The summed E-state index contributed by atoms with van der Waals surface area (Å²) in [4.78, 5) is 5.49. The molecule has 0 amide bonds. The number of rotatable bonds is 2. The minimum Gasteiger partial charge on any atom is -0.280 e. The molecule has 1 rings (SSSR count). The SMILES string of the molecule is CCS/C(=N\C)c1cccs1. The molecule has 0 aromatic carbocycles. The van der Waals surface area contributed by atoms with Gasteiger partial charge < -0.3 is 0 Å². The molecular formula is C8H11NS2. The summed E-state index contributed by atoms with van der Waals surface area (Å²) in [5, 5.41) is 3.24. The summed E-state index contributed by atoms with van der Waals surface area (Å²) in [6, 6.07) is 4.16. The first-order valence-electron chi connectivity index (χ1n) is 3.52. The molecule has 11 heavy (non-hydrogen) atoms. The Bertz CT molecular complexity index is 226. The molecule has 0 aliphatic rings. The first kappa shape index (κ1) is 8.81. The molecule has 0 saturated heterocycles. The Hall–Kier alpha value is -0.280. The third-order valence-electron chi connectivity index (χ3n) is 1.22. The van der Waals surface area contributed by atoms with E-state index >= 15 is 0 Å². The molecule has 0 aliphatic heterocycles. The van der Waals surface area contributed by atoms with Crippen molar-refractivity contribution < 1.29 is 0 Å². The van der Waals surface area contributed by atoms with Crippen molar-refractivity contribution in [1.29, 1.82) is 0 Å². The number of thioether (sulfide) groups is 1. The van der Waals surface area contributed by atoms with Gasteiger partial charge in [0.1, 0.15) is 5.04 Å². The molecule has 1 aromatic heterocycles. The largest absolute Gasteiger partial charge is 0.280 e. The van der Waals surface area contributed by atoms with E-state index in [9.17, 15) is 0 Å². The third kappa shape index (κ3) is 2.34. The standard InChI is InChI=1S/C8H11NS2/c1-3-10-8(9-2)7-5-4-6-11-7/h4-6H,3H2,1-2H3/b9-8-. The van der Waals surface area contributed by atoms with Crippen molar-refractivity contribution in [3.8, 4) is 0 Å². The number of thiophene rings is 1. The molecule has 1 nitrogen and oxygen atoms in total. The van der Waals surface area contributed by atoms with Crippen molar-refractivity contribution in [3.63, 3.8) is 0 Å². The average Bonchev–Trinajstić information content (AvgIpc) is 2.52. The van der Waals surface area contributed by atoms with Crippen LogP contribution in [0.15, 0.2) is 22.5 Å². The van der Waals surface area contributed by atoms with Crippen LogP contribution in [0.3, 0.4) is 0 Å². The van der Waals surface area contributed by atoms with Crippen LogP contribution in [0.25, 0.3) is 0 Å². The van der Waals surface area contributed by atoms with E-state index in [-0.39, 0.29) is 0 Å². The molecule has 1 aromatic rings. The molecule has 0 bridgehead atoms. The zero-order valence-electron chi connectivity index (χ0n) is 6.70. The van der Waals surface area contributed by atoms with Crippen molar-refractivity contribution in [2.45, 2.75) is 6.92 Å². The van der Waals surface area contributed by atoms with Gasteiger partial charge in [0.25, 0.3) is 0 Å².